The van der Waals surface area contributed by atoms with Crippen LogP contribution in [0.2, 0.25) is 5.02 Å². The van der Waals surface area contributed by atoms with Crippen molar-refractivity contribution in [1.29, 1.82) is 0 Å². The van der Waals surface area contributed by atoms with E-state index in [0.29, 0.717) is 12.4 Å². The maximum absolute atomic E-state index is 13.4. The molecule has 0 unspecified atom stereocenters. The van der Waals surface area contributed by atoms with E-state index in [1.165, 1.54) is 18.2 Å². The maximum atomic E-state index is 13.4. The van der Waals surface area contributed by atoms with Gasteiger partial charge in [-0.15, -0.1) is 11.6 Å². The number of hydrogen-bond acceptors (Lipinski definition) is 1. The van der Waals surface area contributed by atoms with Crippen molar-refractivity contribution in [2.75, 3.05) is 12.4 Å². The van der Waals surface area contributed by atoms with Gasteiger partial charge < -0.3 is 5.32 Å². The molecular weight excluding hydrogens is 264 g/mol. The first-order valence-corrected chi connectivity index (χ1v) is 6.36. The van der Waals surface area contributed by atoms with Crippen molar-refractivity contribution in [1.82, 2.24) is 5.32 Å². The highest BCUT2D eigenvalue weighted by molar-refractivity contribution is 6.33. The molecule has 2 nitrogen and oxygen atoms in total. The number of halogens is 3. The summed E-state index contributed by atoms with van der Waals surface area (Å²) in [4.78, 5) is 11.7. The summed E-state index contributed by atoms with van der Waals surface area (Å²) >= 11 is 11.3. The van der Waals surface area contributed by atoms with Crippen molar-refractivity contribution in [3.63, 3.8) is 0 Å². The molecule has 0 saturated carbocycles. The van der Waals surface area contributed by atoms with Gasteiger partial charge in [0.1, 0.15) is 5.82 Å². The summed E-state index contributed by atoms with van der Waals surface area (Å²) in [6, 6.07) is 4.18. The van der Waals surface area contributed by atoms with E-state index >= 15 is 0 Å². The van der Waals surface area contributed by atoms with Gasteiger partial charge in [-0.25, -0.2) is 4.39 Å². The van der Waals surface area contributed by atoms with Crippen LogP contribution in [0.25, 0.3) is 0 Å². The zero-order valence-corrected chi connectivity index (χ0v) is 10.8. The number of unbranched alkanes of at least 4 members (excludes halogenated alkanes) is 2. The molecule has 1 N–H and O–H groups in total. The first kappa shape index (κ1) is 14.3. The molecule has 0 aliphatic rings. The number of benzene rings is 1. The van der Waals surface area contributed by atoms with E-state index in [0.717, 1.165) is 19.3 Å². The minimum Gasteiger partial charge on any atom is -0.352 e. The number of carbonyl (C=O) groups is 1. The second kappa shape index (κ2) is 7.51. The number of nitrogens with one attached hydrogen (secondary N) is 1. The Morgan fingerprint density at radius 1 is 1.29 bits per heavy atom. The third-order valence-electron chi connectivity index (χ3n) is 2.29. The lowest BCUT2D eigenvalue weighted by atomic mass is 10.2. The summed E-state index contributed by atoms with van der Waals surface area (Å²) in [6.45, 7) is 0.500. The summed E-state index contributed by atoms with van der Waals surface area (Å²) < 4.78 is 13.4. The van der Waals surface area contributed by atoms with Gasteiger partial charge >= 0.3 is 0 Å². The number of alkyl halides is 1. The predicted molar refractivity (Wildman–Crippen MR) is 68.3 cm³/mol. The minimum absolute atomic E-state index is 0.0912. The molecule has 0 aliphatic carbocycles. The average Bonchev–Trinajstić information content (AvgIpc) is 2.28. The summed E-state index contributed by atoms with van der Waals surface area (Å²) in [7, 11) is 0. The molecule has 0 aromatic heterocycles. The van der Waals surface area contributed by atoms with Crippen LogP contribution in [0, 0.1) is 5.82 Å². The van der Waals surface area contributed by atoms with E-state index in [1.807, 2.05) is 0 Å². The molecule has 5 heteroatoms. The lowest BCUT2D eigenvalue weighted by molar-refractivity contribution is 0.0949. The van der Waals surface area contributed by atoms with Gasteiger partial charge in [-0.05, 0) is 25.0 Å². The van der Waals surface area contributed by atoms with Crippen LogP contribution in [0.1, 0.15) is 29.6 Å². The van der Waals surface area contributed by atoms with Crippen LogP contribution < -0.4 is 5.32 Å². The number of amides is 1. The van der Waals surface area contributed by atoms with Crippen LogP contribution in [0.5, 0.6) is 0 Å². The average molecular weight is 278 g/mol. The summed E-state index contributed by atoms with van der Waals surface area (Å²) in [5.74, 6) is -0.456. The highest BCUT2D eigenvalue weighted by Crippen LogP contribution is 2.18. The molecule has 1 aromatic rings. The second-order valence-electron chi connectivity index (χ2n) is 3.60. The van der Waals surface area contributed by atoms with Gasteiger partial charge in [-0.3, -0.25) is 4.79 Å². The molecule has 0 aliphatic heterocycles. The molecule has 17 heavy (non-hydrogen) atoms. The van der Waals surface area contributed by atoms with Crippen molar-refractivity contribution >= 4 is 29.1 Å². The van der Waals surface area contributed by atoms with E-state index in [9.17, 15) is 9.18 Å². The Labute approximate surface area is 110 Å². The highest BCUT2D eigenvalue weighted by Gasteiger charge is 2.14. The Hall–Kier alpha value is -0.800. The fourth-order valence-corrected chi connectivity index (χ4v) is 1.84. The van der Waals surface area contributed by atoms with Crippen LogP contribution >= 0.6 is 23.2 Å². The second-order valence-corrected chi connectivity index (χ2v) is 4.39. The van der Waals surface area contributed by atoms with Gasteiger partial charge in [0.15, 0.2) is 0 Å². The van der Waals surface area contributed by atoms with Crippen LogP contribution in [0.15, 0.2) is 18.2 Å². The molecule has 1 aromatic carbocycles. The molecule has 0 bridgehead atoms. The van der Waals surface area contributed by atoms with Crippen LogP contribution in [0.3, 0.4) is 0 Å². The zero-order chi connectivity index (χ0) is 12.7. The highest BCUT2D eigenvalue weighted by atomic mass is 35.5. The Kier molecular flexibility index (Phi) is 6.30. The molecule has 1 rings (SSSR count). The van der Waals surface area contributed by atoms with Crippen LogP contribution in [-0.4, -0.2) is 18.3 Å². The normalized spacial score (nSPS) is 10.3. The lowest BCUT2D eigenvalue weighted by Gasteiger charge is -2.07. The van der Waals surface area contributed by atoms with Crippen molar-refractivity contribution in [3.8, 4) is 0 Å². The lowest BCUT2D eigenvalue weighted by Crippen LogP contribution is -2.25. The first-order valence-electron chi connectivity index (χ1n) is 5.45. The van der Waals surface area contributed by atoms with Gasteiger partial charge in [0.05, 0.1) is 10.6 Å². The summed E-state index contributed by atoms with van der Waals surface area (Å²) in [6.07, 6.45) is 2.68. The summed E-state index contributed by atoms with van der Waals surface area (Å²) in [5.41, 5.74) is -0.0912. The van der Waals surface area contributed by atoms with Gasteiger partial charge in [0, 0.05) is 12.4 Å². The molecule has 0 heterocycles. The third-order valence-corrected chi connectivity index (χ3v) is 2.87. The minimum atomic E-state index is -0.601. The Morgan fingerprint density at radius 3 is 2.71 bits per heavy atom. The molecule has 0 spiro atoms. The van der Waals surface area contributed by atoms with Crippen molar-refractivity contribution in [3.05, 3.63) is 34.6 Å². The van der Waals surface area contributed by atoms with Gasteiger partial charge in [0.2, 0.25) is 0 Å². The Balaban J connectivity index is 2.47. The van der Waals surface area contributed by atoms with E-state index < -0.39 is 11.7 Å². The molecule has 0 fully saturated rings. The number of hydrogen-bond donors (Lipinski definition) is 1. The standard InChI is InChI=1S/C12H14Cl2FNO/c13-7-2-1-3-8-16-12(17)11-9(14)5-4-6-10(11)15/h4-6H,1-3,7-8H2,(H,16,17). The number of carbonyl (C=O) groups excluding carboxylic acids is 1. The van der Waals surface area contributed by atoms with Crippen LogP contribution in [0.4, 0.5) is 4.39 Å². The van der Waals surface area contributed by atoms with Gasteiger partial charge in [-0.1, -0.05) is 24.1 Å². The topological polar surface area (TPSA) is 29.1 Å². The van der Waals surface area contributed by atoms with Gasteiger partial charge in [-0.2, -0.15) is 0 Å². The molecule has 0 saturated heterocycles. The smallest absolute Gasteiger partial charge is 0.255 e. The first-order chi connectivity index (χ1) is 8.16. The van der Waals surface area contributed by atoms with E-state index in [-0.39, 0.29) is 10.6 Å². The Bertz CT molecular complexity index is 365. The van der Waals surface area contributed by atoms with E-state index in [2.05, 4.69) is 5.32 Å². The monoisotopic (exact) mass is 277 g/mol. The number of rotatable bonds is 6. The zero-order valence-electron chi connectivity index (χ0n) is 9.31. The van der Waals surface area contributed by atoms with E-state index in [4.69, 9.17) is 23.2 Å². The fourth-order valence-electron chi connectivity index (χ4n) is 1.40. The van der Waals surface area contributed by atoms with Crippen molar-refractivity contribution in [2.45, 2.75) is 19.3 Å². The van der Waals surface area contributed by atoms with Crippen LogP contribution in [-0.2, 0) is 0 Å². The quantitative estimate of drug-likeness (QED) is 0.625. The molecular formula is C12H14Cl2FNO. The van der Waals surface area contributed by atoms with Crippen molar-refractivity contribution < 1.29 is 9.18 Å². The van der Waals surface area contributed by atoms with Gasteiger partial charge in [0.25, 0.3) is 5.91 Å². The maximum Gasteiger partial charge on any atom is 0.255 e. The molecule has 94 valence electrons. The molecule has 0 atom stereocenters. The SMILES string of the molecule is O=C(NCCCCCCl)c1c(F)cccc1Cl. The molecule has 1 amide bonds. The predicted octanol–water partition coefficient (Wildman–Crippen LogP) is 3.62. The largest absolute Gasteiger partial charge is 0.352 e. The fraction of sp³-hybridized carbons (Fsp3) is 0.417. The third kappa shape index (κ3) is 4.52. The molecule has 0 radical (unpaired) electrons. The van der Waals surface area contributed by atoms with Crippen molar-refractivity contribution in [2.24, 2.45) is 0 Å². The van der Waals surface area contributed by atoms with E-state index in [1.54, 1.807) is 0 Å². The Morgan fingerprint density at radius 2 is 2.06 bits per heavy atom. The summed E-state index contributed by atoms with van der Waals surface area (Å²) in [5, 5.41) is 2.76.